The fourth-order valence-corrected chi connectivity index (χ4v) is 8.12. The topological polar surface area (TPSA) is 35.9 Å². The van der Waals surface area contributed by atoms with Gasteiger partial charge in [-0.3, -0.25) is 4.57 Å². The van der Waals surface area contributed by atoms with Gasteiger partial charge in [-0.25, -0.2) is 4.98 Å². The predicted molar refractivity (Wildman–Crippen MR) is 211 cm³/mol. The Morgan fingerprint density at radius 1 is 0.431 bits per heavy atom. The van der Waals surface area contributed by atoms with E-state index in [2.05, 4.69) is 173 Å². The first-order valence-electron chi connectivity index (χ1n) is 17.3. The highest BCUT2D eigenvalue weighted by Crippen LogP contribution is 2.43. The molecule has 0 atom stereocenters. The molecule has 0 fully saturated rings. The largest absolute Gasteiger partial charge is 0.455 e. The summed E-state index contributed by atoms with van der Waals surface area (Å²) in [7, 11) is 0. The summed E-state index contributed by atoms with van der Waals surface area (Å²) in [6.45, 7) is 0. The molecule has 0 N–H and O–H groups in total. The SMILES string of the molecule is c1ccc(-c2cc(-c3cccc4c3oc3ccccc34)nc(-n3c4ccccc4c4c3ccc3c5ccccc5n(-c5ccccc5)c34)c2)cc1. The lowest BCUT2D eigenvalue weighted by molar-refractivity contribution is 0.670. The third kappa shape index (κ3) is 4.11. The Balaban J connectivity index is 1.26. The standard InChI is InChI=1S/C47H29N3O/c1-3-14-30(15-4-1)31-28-39(37-22-13-21-36-34-19-9-12-25-43(34)51-47(36)37)48-44(29-31)50-41-24-11-8-20-38(41)45-42(50)27-26-35-33-18-7-10-23-40(33)49(46(35)45)32-16-5-2-6-17-32/h1-29H. The number of fused-ring (bicyclic) bond motifs is 10. The molecule has 51 heavy (non-hydrogen) atoms. The number of benzene rings is 7. The Labute approximate surface area is 293 Å². The van der Waals surface area contributed by atoms with Gasteiger partial charge in [-0.2, -0.15) is 0 Å². The molecule has 0 radical (unpaired) electrons. The molecule has 4 nitrogen and oxygen atoms in total. The van der Waals surface area contributed by atoms with Crippen LogP contribution in [0, 0.1) is 0 Å². The van der Waals surface area contributed by atoms with Crippen molar-refractivity contribution >= 4 is 65.6 Å². The van der Waals surface area contributed by atoms with Crippen LogP contribution in [0.25, 0.3) is 99.4 Å². The molecule has 0 saturated carbocycles. The smallest absolute Gasteiger partial charge is 0.144 e. The van der Waals surface area contributed by atoms with Crippen molar-refractivity contribution in [2.75, 3.05) is 0 Å². The van der Waals surface area contributed by atoms with Crippen molar-refractivity contribution < 1.29 is 4.42 Å². The number of furan rings is 1. The second-order valence-electron chi connectivity index (χ2n) is 13.1. The summed E-state index contributed by atoms with van der Waals surface area (Å²) in [4.78, 5) is 5.49. The average molecular weight is 652 g/mol. The van der Waals surface area contributed by atoms with Crippen molar-refractivity contribution in [1.29, 1.82) is 0 Å². The Hall–Kier alpha value is -6.91. The first-order valence-corrected chi connectivity index (χ1v) is 17.3. The highest BCUT2D eigenvalue weighted by Gasteiger charge is 2.22. The zero-order chi connectivity index (χ0) is 33.5. The van der Waals surface area contributed by atoms with Crippen LogP contribution >= 0.6 is 0 Å². The number of hydrogen-bond donors (Lipinski definition) is 0. The highest BCUT2D eigenvalue weighted by molar-refractivity contribution is 6.26. The predicted octanol–water partition coefficient (Wildman–Crippen LogP) is 12.5. The van der Waals surface area contributed by atoms with Crippen LogP contribution in [0.1, 0.15) is 0 Å². The van der Waals surface area contributed by atoms with Gasteiger partial charge in [0.05, 0.1) is 27.8 Å². The van der Waals surface area contributed by atoms with Gasteiger partial charge in [0.1, 0.15) is 17.0 Å². The number of pyridine rings is 1. The molecule has 0 aliphatic carbocycles. The molecule has 11 aromatic rings. The lowest BCUT2D eigenvalue weighted by Crippen LogP contribution is -2.00. The van der Waals surface area contributed by atoms with Crippen LogP contribution in [-0.4, -0.2) is 14.1 Å². The number of nitrogens with zero attached hydrogens (tertiary/aromatic N) is 3. The molecule has 4 aromatic heterocycles. The van der Waals surface area contributed by atoms with Crippen LogP contribution < -0.4 is 0 Å². The van der Waals surface area contributed by atoms with Crippen molar-refractivity contribution in [2.24, 2.45) is 0 Å². The van der Waals surface area contributed by atoms with E-state index in [1.54, 1.807) is 0 Å². The maximum atomic E-state index is 6.54. The minimum absolute atomic E-state index is 0.846. The first kappa shape index (κ1) is 28.0. The van der Waals surface area contributed by atoms with E-state index in [0.717, 1.165) is 66.9 Å². The molecular formula is C47H29N3O. The monoisotopic (exact) mass is 651 g/mol. The van der Waals surface area contributed by atoms with E-state index < -0.39 is 0 Å². The zero-order valence-electron chi connectivity index (χ0n) is 27.5. The maximum Gasteiger partial charge on any atom is 0.144 e. The fraction of sp³-hybridized carbons (Fsp3) is 0. The van der Waals surface area contributed by atoms with Crippen LogP contribution in [0.3, 0.4) is 0 Å². The van der Waals surface area contributed by atoms with Gasteiger partial charge >= 0.3 is 0 Å². The van der Waals surface area contributed by atoms with Gasteiger partial charge in [-0.1, -0.05) is 121 Å². The molecule has 4 heteroatoms. The lowest BCUT2D eigenvalue weighted by atomic mass is 10.0. The highest BCUT2D eigenvalue weighted by atomic mass is 16.3. The van der Waals surface area contributed by atoms with Gasteiger partial charge in [0, 0.05) is 43.6 Å². The quantitative estimate of drug-likeness (QED) is 0.190. The molecule has 0 saturated heterocycles. The Morgan fingerprint density at radius 2 is 1.10 bits per heavy atom. The van der Waals surface area contributed by atoms with Crippen molar-refractivity contribution in [3.63, 3.8) is 0 Å². The van der Waals surface area contributed by atoms with Crippen molar-refractivity contribution in [3.8, 4) is 33.9 Å². The summed E-state index contributed by atoms with van der Waals surface area (Å²) in [5.74, 6) is 0.854. The second kappa shape index (κ2) is 10.8. The summed E-state index contributed by atoms with van der Waals surface area (Å²) in [6, 6.07) is 62.3. The molecule has 0 spiro atoms. The molecular weight excluding hydrogens is 623 g/mol. The zero-order valence-corrected chi connectivity index (χ0v) is 27.5. The van der Waals surface area contributed by atoms with Crippen LogP contribution in [0.4, 0.5) is 0 Å². The van der Waals surface area contributed by atoms with Crippen molar-refractivity contribution in [3.05, 3.63) is 176 Å². The van der Waals surface area contributed by atoms with E-state index in [1.165, 1.54) is 32.6 Å². The lowest BCUT2D eigenvalue weighted by Gasteiger charge is -2.13. The third-order valence-corrected chi connectivity index (χ3v) is 10.3. The number of aromatic nitrogens is 3. The van der Waals surface area contributed by atoms with Gasteiger partial charge in [0.25, 0.3) is 0 Å². The molecule has 0 bridgehead atoms. The molecule has 238 valence electrons. The van der Waals surface area contributed by atoms with Gasteiger partial charge in [0.15, 0.2) is 0 Å². The van der Waals surface area contributed by atoms with Gasteiger partial charge < -0.3 is 8.98 Å². The van der Waals surface area contributed by atoms with Gasteiger partial charge in [0.2, 0.25) is 0 Å². The second-order valence-corrected chi connectivity index (χ2v) is 13.1. The number of para-hydroxylation sites is 5. The minimum atomic E-state index is 0.846. The van der Waals surface area contributed by atoms with Crippen LogP contribution in [0.2, 0.25) is 0 Å². The summed E-state index contributed by atoms with van der Waals surface area (Å²) in [5, 5.41) is 7.05. The normalized spacial score (nSPS) is 11.9. The van der Waals surface area contributed by atoms with Crippen LogP contribution in [0.5, 0.6) is 0 Å². The molecule has 0 aliphatic rings. The van der Waals surface area contributed by atoms with E-state index in [1.807, 2.05) is 12.1 Å². The summed E-state index contributed by atoms with van der Waals surface area (Å²) in [5.41, 5.74) is 11.5. The van der Waals surface area contributed by atoms with Crippen molar-refractivity contribution in [2.45, 2.75) is 0 Å². The van der Waals surface area contributed by atoms with E-state index in [-0.39, 0.29) is 0 Å². The summed E-state index contributed by atoms with van der Waals surface area (Å²) >= 11 is 0. The Kier molecular flexibility index (Phi) is 5.92. The summed E-state index contributed by atoms with van der Waals surface area (Å²) in [6.07, 6.45) is 0. The third-order valence-electron chi connectivity index (χ3n) is 10.3. The first-order chi connectivity index (χ1) is 25.3. The Morgan fingerprint density at radius 3 is 1.92 bits per heavy atom. The van der Waals surface area contributed by atoms with E-state index in [9.17, 15) is 0 Å². The van der Waals surface area contributed by atoms with E-state index in [0.29, 0.717) is 0 Å². The molecule has 11 rings (SSSR count). The van der Waals surface area contributed by atoms with Crippen LogP contribution in [0.15, 0.2) is 180 Å². The maximum absolute atomic E-state index is 6.54. The van der Waals surface area contributed by atoms with Gasteiger partial charge in [-0.05, 0) is 65.7 Å². The molecule has 4 heterocycles. The average Bonchev–Trinajstić information content (AvgIpc) is 3.86. The van der Waals surface area contributed by atoms with E-state index in [4.69, 9.17) is 9.40 Å². The fourth-order valence-electron chi connectivity index (χ4n) is 8.12. The molecule has 0 aliphatic heterocycles. The Bertz CT molecular complexity index is 3130. The summed E-state index contributed by atoms with van der Waals surface area (Å²) < 4.78 is 11.3. The van der Waals surface area contributed by atoms with Crippen molar-refractivity contribution in [1.82, 2.24) is 14.1 Å². The molecule has 0 amide bonds. The number of hydrogen-bond acceptors (Lipinski definition) is 2. The van der Waals surface area contributed by atoms with E-state index >= 15 is 0 Å². The van der Waals surface area contributed by atoms with Crippen LogP contribution in [-0.2, 0) is 0 Å². The number of rotatable bonds is 4. The minimum Gasteiger partial charge on any atom is -0.455 e. The molecule has 7 aromatic carbocycles. The van der Waals surface area contributed by atoms with Gasteiger partial charge in [-0.15, -0.1) is 0 Å². The molecule has 0 unspecified atom stereocenters.